The number of aromatic hydroxyl groups is 2. The summed E-state index contributed by atoms with van der Waals surface area (Å²) >= 11 is 0. The van der Waals surface area contributed by atoms with E-state index in [-0.39, 0.29) is 35.8 Å². The molecule has 0 saturated heterocycles. The molecule has 2 rings (SSSR count). The van der Waals surface area contributed by atoms with E-state index in [4.69, 9.17) is 4.74 Å². The molecule has 0 aliphatic carbocycles. The molecule has 7 heteroatoms. The van der Waals surface area contributed by atoms with E-state index in [1.165, 1.54) is 38.5 Å². The van der Waals surface area contributed by atoms with Gasteiger partial charge in [-0.3, -0.25) is 9.59 Å². The van der Waals surface area contributed by atoms with Crippen LogP contribution in [0.1, 0.15) is 11.1 Å². The Morgan fingerprint density at radius 3 is 1.52 bits per heavy atom. The highest BCUT2D eigenvalue weighted by Gasteiger charge is 2.12. The van der Waals surface area contributed by atoms with Gasteiger partial charge < -0.3 is 24.4 Å². The highest BCUT2D eigenvalue weighted by Crippen LogP contribution is 2.36. The molecule has 0 atom stereocenters. The Kier molecular flexibility index (Phi) is 5.84. The standard InChI is InChI=1S/C18H18O7/c1-23-17(21)9-11-3-5-15(13(19)7-11)25-16-6-4-12(8-14(16)20)10-18(22)24-2/h3-8,19-20H,9-10H2,1-2H3. The monoisotopic (exact) mass is 346 g/mol. The van der Waals surface area contributed by atoms with Crippen LogP contribution in [0.3, 0.4) is 0 Å². The van der Waals surface area contributed by atoms with E-state index in [2.05, 4.69) is 9.47 Å². The van der Waals surface area contributed by atoms with Crippen LogP contribution in [0.25, 0.3) is 0 Å². The molecule has 7 nitrogen and oxygen atoms in total. The first kappa shape index (κ1) is 18.1. The second-order valence-electron chi connectivity index (χ2n) is 5.21. The molecule has 25 heavy (non-hydrogen) atoms. The Morgan fingerprint density at radius 2 is 1.20 bits per heavy atom. The number of hydrogen-bond acceptors (Lipinski definition) is 7. The van der Waals surface area contributed by atoms with Crippen LogP contribution in [0.15, 0.2) is 36.4 Å². The molecule has 0 heterocycles. The quantitative estimate of drug-likeness (QED) is 0.774. The second-order valence-corrected chi connectivity index (χ2v) is 5.21. The van der Waals surface area contributed by atoms with Crippen molar-refractivity contribution in [2.24, 2.45) is 0 Å². The molecule has 0 spiro atoms. The van der Waals surface area contributed by atoms with Crippen molar-refractivity contribution in [1.29, 1.82) is 0 Å². The first-order chi connectivity index (χ1) is 11.9. The molecule has 0 amide bonds. The maximum Gasteiger partial charge on any atom is 0.309 e. The van der Waals surface area contributed by atoms with Crippen LogP contribution in [0.4, 0.5) is 0 Å². The minimum atomic E-state index is -0.424. The molecule has 0 fully saturated rings. The smallest absolute Gasteiger partial charge is 0.309 e. The summed E-state index contributed by atoms with van der Waals surface area (Å²) in [4.78, 5) is 22.5. The molecule has 2 aromatic rings. The number of benzene rings is 2. The fourth-order valence-corrected chi connectivity index (χ4v) is 2.11. The van der Waals surface area contributed by atoms with Gasteiger partial charge in [0.25, 0.3) is 0 Å². The maximum absolute atomic E-state index is 11.2. The van der Waals surface area contributed by atoms with Gasteiger partial charge in [0.1, 0.15) is 0 Å². The number of phenolic OH excluding ortho intramolecular Hbond substituents is 2. The number of methoxy groups -OCH3 is 2. The Morgan fingerprint density at radius 1 is 0.800 bits per heavy atom. The highest BCUT2D eigenvalue weighted by atomic mass is 16.5. The minimum absolute atomic E-state index is 0.0256. The molecule has 2 N–H and O–H groups in total. The zero-order valence-corrected chi connectivity index (χ0v) is 13.8. The van der Waals surface area contributed by atoms with Gasteiger partial charge in [0.05, 0.1) is 27.1 Å². The highest BCUT2D eigenvalue weighted by molar-refractivity contribution is 5.73. The normalized spacial score (nSPS) is 10.2. The van der Waals surface area contributed by atoms with Crippen molar-refractivity contribution in [3.8, 4) is 23.0 Å². The summed E-state index contributed by atoms with van der Waals surface area (Å²) in [6.07, 6.45) is 0.0512. The van der Waals surface area contributed by atoms with Gasteiger partial charge in [-0.1, -0.05) is 12.1 Å². The van der Waals surface area contributed by atoms with Gasteiger partial charge in [-0.05, 0) is 35.4 Å². The van der Waals surface area contributed by atoms with E-state index in [1.807, 2.05) is 0 Å². The van der Waals surface area contributed by atoms with Gasteiger partial charge in [-0.25, -0.2) is 0 Å². The van der Waals surface area contributed by atoms with Crippen LogP contribution < -0.4 is 4.74 Å². The van der Waals surface area contributed by atoms with Crippen LogP contribution >= 0.6 is 0 Å². The topological polar surface area (TPSA) is 102 Å². The van der Waals surface area contributed by atoms with Gasteiger partial charge in [0.2, 0.25) is 0 Å². The van der Waals surface area contributed by atoms with E-state index in [0.717, 1.165) is 0 Å². The van der Waals surface area contributed by atoms with Crippen molar-refractivity contribution in [1.82, 2.24) is 0 Å². The Balaban J connectivity index is 2.14. The largest absolute Gasteiger partial charge is 0.504 e. The number of phenols is 2. The third-order valence-corrected chi connectivity index (χ3v) is 3.42. The molecular weight excluding hydrogens is 328 g/mol. The summed E-state index contributed by atoms with van der Waals surface area (Å²) in [6, 6.07) is 8.94. The summed E-state index contributed by atoms with van der Waals surface area (Å²) in [7, 11) is 2.57. The van der Waals surface area contributed by atoms with Crippen molar-refractivity contribution < 1.29 is 34.0 Å². The molecule has 0 bridgehead atoms. The van der Waals surface area contributed by atoms with Gasteiger partial charge in [-0.2, -0.15) is 0 Å². The van der Waals surface area contributed by atoms with E-state index in [1.54, 1.807) is 12.1 Å². The van der Waals surface area contributed by atoms with Crippen molar-refractivity contribution in [3.63, 3.8) is 0 Å². The molecule has 0 saturated carbocycles. The number of hydrogen-bond donors (Lipinski definition) is 2. The second kappa shape index (κ2) is 8.05. The molecule has 0 unspecified atom stereocenters. The first-order valence-electron chi connectivity index (χ1n) is 7.38. The Bertz CT molecular complexity index is 717. The van der Waals surface area contributed by atoms with Gasteiger partial charge in [0, 0.05) is 0 Å². The van der Waals surface area contributed by atoms with Crippen LogP contribution in [0.5, 0.6) is 23.0 Å². The lowest BCUT2D eigenvalue weighted by atomic mass is 10.1. The van der Waals surface area contributed by atoms with Crippen molar-refractivity contribution in [2.75, 3.05) is 14.2 Å². The van der Waals surface area contributed by atoms with Crippen LogP contribution in [0.2, 0.25) is 0 Å². The van der Waals surface area contributed by atoms with Gasteiger partial charge in [-0.15, -0.1) is 0 Å². The molecule has 0 aliphatic rings. The third-order valence-electron chi connectivity index (χ3n) is 3.42. The Hall–Kier alpha value is -3.22. The lowest BCUT2D eigenvalue weighted by Gasteiger charge is -2.11. The van der Waals surface area contributed by atoms with Crippen LogP contribution in [-0.4, -0.2) is 36.4 Å². The average Bonchev–Trinajstić information content (AvgIpc) is 2.59. The predicted octanol–water partition coefficient (Wildman–Crippen LogP) is 2.32. The van der Waals surface area contributed by atoms with Crippen molar-refractivity contribution in [2.45, 2.75) is 12.8 Å². The fourth-order valence-electron chi connectivity index (χ4n) is 2.11. The van der Waals surface area contributed by atoms with E-state index >= 15 is 0 Å². The number of esters is 2. The summed E-state index contributed by atoms with van der Waals surface area (Å²) < 4.78 is 14.6. The van der Waals surface area contributed by atoms with E-state index in [0.29, 0.717) is 11.1 Å². The van der Waals surface area contributed by atoms with Crippen LogP contribution in [0, 0.1) is 0 Å². The molecule has 0 radical (unpaired) electrons. The number of carbonyl (C=O) groups excluding carboxylic acids is 2. The van der Waals surface area contributed by atoms with E-state index < -0.39 is 11.9 Å². The summed E-state index contributed by atoms with van der Waals surface area (Å²) in [5, 5.41) is 20.0. The van der Waals surface area contributed by atoms with Crippen LogP contribution in [-0.2, 0) is 31.9 Å². The SMILES string of the molecule is COC(=O)Cc1ccc(Oc2ccc(CC(=O)OC)cc2O)c(O)c1. The molecule has 132 valence electrons. The third kappa shape index (κ3) is 4.87. The fraction of sp³-hybridized carbons (Fsp3) is 0.222. The Labute approximate surface area is 144 Å². The molecular formula is C18H18O7. The average molecular weight is 346 g/mol. The zero-order valence-electron chi connectivity index (χ0n) is 13.8. The first-order valence-corrected chi connectivity index (χ1v) is 7.38. The maximum atomic E-state index is 11.2. The molecule has 0 aliphatic heterocycles. The molecule has 0 aromatic heterocycles. The predicted molar refractivity (Wildman–Crippen MR) is 87.7 cm³/mol. The zero-order chi connectivity index (χ0) is 18.4. The summed E-state index contributed by atoms with van der Waals surface area (Å²) in [5.74, 6) is -0.980. The van der Waals surface area contributed by atoms with Crippen molar-refractivity contribution in [3.05, 3.63) is 47.5 Å². The summed E-state index contributed by atoms with van der Waals surface area (Å²) in [6.45, 7) is 0. The van der Waals surface area contributed by atoms with Gasteiger partial charge >= 0.3 is 11.9 Å². The number of rotatable bonds is 6. The lowest BCUT2D eigenvalue weighted by molar-refractivity contribution is -0.140. The summed E-state index contributed by atoms with van der Waals surface area (Å²) in [5.41, 5.74) is 1.13. The number of ether oxygens (including phenoxy) is 3. The molecule has 2 aromatic carbocycles. The van der Waals surface area contributed by atoms with Crippen molar-refractivity contribution >= 4 is 11.9 Å². The lowest BCUT2D eigenvalue weighted by Crippen LogP contribution is -2.04. The number of carbonyl (C=O) groups is 2. The minimum Gasteiger partial charge on any atom is -0.504 e. The van der Waals surface area contributed by atoms with E-state index in [9.17, 15) is 19.8 Å². The van der Waals surface area contributed by atoms with Gasteiger partial charge in [0.15, 0.2) is 23.0 Å².